The molecule has 0 saturated heterocycles. The molecular formula is C46H82NO8P. The normalized spacial score (nSPS) is 13.9. The first kappa shape index (κ1) is 53.7. The summed E-state index contributed by atoms with van der Waals surface area (Å²) in [6.45, 7) is 4.12. The number of hydrogen-bond donors (Lipinski definition) is 2. The number of hydrogen-bond acceptors (Lipinski definition) is 8. The van der Waals surface area contributed by atoms with E-state index in [2.05, 4.69) is 73.8 Å². The van der Waals surface area contributed by atoms with Gasteiger partial charge < -0.3 is 19.7 Å². The van der Waals surface area contributed by atoms with Crippen LogP contribution >= 0.6 is 7.82 Å². The van der Waals surface area contributed by atoms with Crippen molar-refractivity contribution in [3.8, 4) is 0 Å². The fourth-order valence-corrected chi connectivity index (χ4v) is 6.47. The third-order valence-corrected chi connectivity index (χ3v) is 10.1. The van der Waals surface area contributed by atoms with Crippen LogP contribution in [0.3, 0.4) is 0 Å². The third-order valence-electron chi connectivity index (χ3n) is 9.11. The Morgan fingerprint density at radius 3 is 1.52 bits per heavy atom. The lowest BCUT2D eigenvalue weighted by atomic mass is 10.1. The molecule has 0 aromatic rings. The molecule has 0 spiro atoms. The Morgan fingerprint density at radius 1 is 0.554 bits per heavy atom. The smallest absolute Gasteiger partial charge is 0.462 e. The topological polar surface area (TPSA) is 120 Å². The van der Waals surface area contributed by atoms with Crippen molar-refractivity contribution in [2.75, 3.05) is 33.4 Å². The molecule has 56 heavy (non-hydrogen) atoms. The summed E-state index contributed by atoms with van der Waals surface area (Å²) in [4.78, 5) is 35.0. The fraction of sp³-hybridized carbons (Fsp3) is 0.739. The van der Waals surface area contributed by atoms with E-state index in [0.29, 0.717) is 13.0 Å². The van der Waals surface area contributed by atoms with Crippen molar-refractivity contribution in [2.24, 2.45) is 0 Å². The summed E-state index contributed by atoms with van der Waals surface area (Å²) in [5.74, 6) is -0.879. The summed E-state index contributed by atoms with van der Waals surface area (Å²) in [7, 11) is -2.67. The van der Waals surface area contributed by atoms with Gasteiger partial charge in [0.25, 0.3) is 0 Å². The number of phosphoric acid groups is 1. The number of allylic oxidation sites excluding steroid dienone is 10. The number of phosphoric ester groups is 1. The van der Waals surface area contributed by atoms with Crippen molar-refractivity contribution in [3.63, 3.8) is 0 Å². The van der Waals surface area contributed by atoms with Gasteiger partial charge in [-0.15, -0.1) is 0 Å². The van der Waals surface area contributed by atoms with Gasteiger partial charge >= 0.3 is 19.8 Å². The zero-order chi connectivity index (χ0) is 41.1. The van der Waals surface area contributed by atoms with E-state index in [1.165, 1.54) is 83.5 Å². The van der Waals surface area contributed by atoms with Crippen molar-refractivity contribution in [1.82, 2.24) is 5.32 Å². The molecule has 0 fully saturated rings. The van der Waals surface area contributed by atoms with Crippen LogP contribution in [0.25, 0.3) is 0 Å². The second kappa shape index (κ2) is 42.3. The summed E-state index contributed by atoms with van der Waals surface area (Å²) >= 11 is 0. The molecule has 9 nitrogen and oxygen atoms in total. The van der Waals surface area contributed by atoms with E-state index < -0.39 is 32.5 Å². The molecule has 0 aliphatic rings. The molecular weight excluding hydrogens is 725 g/mol. The lowest BCUT2D eigenvalue weighted by Gasteiger charge is -2.20. The number of carbonyl (C=O) groups is 2. The van der Waals surface area contributed by atoms with E-state index in [9.17, 15) is 19.0 Å². The molecule has 0 bridgehead atoms. The van der Waals surface area contributed by atoms with Crippen molar-refractivity contribution < 1.29 is 37.6 Å². The van der Waals surface area contributed by atoms with Gasteiger partial charge in [-0.3, -0.25) is 18.6 Å². The van der Waals surface area contributed by atoms with Gasteiger partial charge in [0.1, 0.15) is 6.61 Å². The zero-order valence-corrected chi connectivity index (χ0v) is 36.7. The molecule has 0 saturated carbocycles. The van der Waals surface area contributed by atoms with Gasteiger partial charge in [0.15, 0.2) is 6.10 Å². The van der Waals surface area contributed by atoms with Crippen LogP contribution in [0.2, 0.25) is 0 Å². The van der Waals surface area contributed by atoms with Crippen molar-refractivity contribution in [3.05, 3.63) is 60.8 Å². The van der Waals surface area contributed by atoms with Crippen LogP contribution in [-0.4, -0.2) is 56.3 Å². The molecule has 10 heteroatoms. The molecule has 2 unspecified atom stereocenters. The number of ether oxygens (including phenoxy) is 2. The molecule has 0 rings (SSSR count). The first-order chi connectivity index (χ1) is 27.3. The molecule has 0 radical (unpaired) electrons. The Balaban J connectivity index is 4.32. The number of likely N-dealkylation sites (N-methyl/N-ethyl adjacent to an activating group) is 1. The highest BCUT2D eigenvalue weighted by atomic mass is 31.2. The van der Waals surface area contributed by atoms with Crippen LogP contribution < -0.4 is 5.32 Å². The Kier molecular flexibility index (Phi) is 40.6. The third kappa shape index (κ3) is 41.3. The average Bonchev–Trinajstić information content (AvgIpc) is 3.18. The predicted molar refractivity (Wildman–Crippen MR) is 234 cm³/mol. The van der Waals surface area contributed by atoms with E-state index in [-0.39, 0.29) is 26.1 Å². The number of unbranched alkanes of at least 4 members (excludes halogenated alkanes) is 17. The Morgan fingerprint density at radius 2 is 0.982 bits per heavy atom. The minimum absolute atomic E-state index is 0.0297. The maximum absolute atomic E-state index is 12.6. The minimum Gasteiger partial charge on any atom is -0.462 e. The standard InChI is InChI=1S/C46H82NO8P/c1-4-6-8-10-12-14-16-18-20-22-24-26-28-30-32-34-36-38-45(48)52-42-44(43-54-56(50,51)53-41-40-47-3)55-46(49)39-37-35-33-31-29-27-25-23-21-19-17-15-13-11-9-7-5-2/h12,14,18-21,25,27,31,33,44,47H,4-11,13,15-17,22-24,26,28-30,32,34-43H2,1-3H3,(H,50,51)/b14-12-,20-18-,21-19-,27-25-,33-31-. The maximum Gasteiger partial charge on any atom is 0.472 e. The zero-order valence-electron chi connectivity index (χ0n) is 35.8. The van der Waals surface area contributed by atoms with E-state index >= 15 is 0 Å². The molecule has 2 N–H and O–H groups in total. The summed E-state index contributed by atoms with van der Waals surface area (Å²) < 4.78 is 33.1. The second-order valence-corrected chi connectivity index (χ2v) is 16.0. The summed E-state index contributed by atoms with van der Waals surface area (Å²) in [6.07, 6.45) is 48.4. The summed E-state index contributed by atoms with van der Waals surface area (Å²) in [5, 5.41) is 2.82. The van der Waals surface area contributed by atoms with Gasteiger partial charge in [0.05, 0.1) is 13.2 Å². The van der Waals surface area contributed by atoms with E-state index in [1.54, 1.807) is 7.05 Å². The van der Waals surface area contributed by atoms with Gasteiger partial charge in [-0.2, -0.15) is 0 Å². The van der Waals surface area contributed by atoms with Crippen molar-refractivity contribution in [1.29, 1.82) is 0 Å². The Bertz CT molecular complexity index is 1100. The lowest BCUT2D eigenvalue weighted by Crippen LogP contribution is -2.29. The number of nitrogens with one attached hydrogen (secondary N) is 1. The lowest BCUT2D eigenvalue weighted by molar-refractivity contribution is -0.161. The van der Waals surface area contributed by atoms with E-state index in [4.69, 9.17) is 18.5 Å². The van der Waals surface area contributed by atoms with Gasteiger partial charge in [-0.05, 0) is 84.1 Å². The predicted octanol–water partition coefficient (Wildman–Crippen LogP) is 12.8. The highest BCUT2D eigenvalue weighted by molar-refractivity contribution is 7.47. The molecule has 0 aliphatic carbocycles. The summed E-state index contributed by atoms with van der Waals surface area (Å²) in [6, 6.07) is 0. The largest absolute Gasteiger partial charge is 0.472 e. The second-order valence-electron chi connectivity index (χ2n) is 14.5. The van der Waals surface area contributed by atoms with Crippen LogP contribution in [0, 0.1) is 0 Å². The Labute approximate surface area is 342 Å². The number of esters is 2. The van der Waals surface area contributed by atoms with Gasteiger partial charge in [0.2, 0.25) is 0 Å². The minimum atomic E-state index is -4.37. The van der Waals surface area contributed by atoms with Crippen molar-refractivity contribution in [2.45, 2.75) is 187 Å². The highest BCUT2D eigenvalue weighted by Gasteiger charge is 2.26. The molecule has 324 valence electrons. The fourth-order valence-electron chi connectivity index (χ4n) is 5.72. The quantitative estimate of drug-likeness (QED) is 0.0269. The average molecular weight is 808 g/mol. The van der Waals surface area contributed by atoms with E-state index in [0.717, 1.165) is 64.2 Å². The molecule has 0 aromatic carbocycles. The monoisotopic (exact) mass is 808 g/mol. The van der Waals surface area contributed by atoms with Gasteiger partial charge in [0, 0.05) is 19.4 Å². The van der Waals surface area contributed by atoms with Gasteiger partial charge in [-0.1, -0.05) is 152 Å². The molecule has 0 heterocycles. The summed E-state index contributed by atoms with van der Waals surface area (Å²) in [5.41, 5.74) is 0. The molecule has 2 atom stereocenters. The van der Waals surface area contributed by atoms with Crippen LogP contribution in [0.5, 0.6) is 0 Å². The SMILES string of the molecule is CCCCC/C=C\C/C=C\CCCCCCCCCC(=O)OCC(COP(=O)(O)OCCNC)OC(=O)CCC/C=C\C/C=C\C/C=C\CCCCCCCC. The van der Waals surface area contributed by atoms with Crippen LogP contribution in [-0.2, 0) is 32.7 Å². The first-order valence-corrected chi connectivity index (χ1v) is 23.7. The molecule has 0 aromatic heterocycles. The number of carbonyl (C=O) groups excluding carboxylic acids is 2. The highest BCUT2D eigenvalue weighted by Crippen LogP contribution is 2.43. The van der Waals surface area contributed by atoms with Crippen molar-refractivity contribution >= 4 is 19.8 Å². The van der Waals surface area contributed by atoms with Crippen LogP contribution in [0.4, 0.5) is 0 Å². The number of rotatable bonds is 41. The first-order valence-electron chi connectivity index (χ1n) is 22.2. The van der Waals surface area contributed by atoms with Crippen LogP contribution in [0.1, 0.15) is 181 Å². The Hall–Kier alpha value is -2.29. The molecule has 0 aliphatic heterocycles. The van der Waals surface area contributed by atoms with E-state index in [1.807, 2.05) is 6.08 Å². The van der Waals surface area contributed by atoms with Crippen LogP contribution in [0.15, 0.2) is 60.8 Å². The van der Waals surface area contributed by atoms with Gasteiger partial charge in [-0.25, -0.2) is 4.57 Å². The maximum atomic E-state index is 12.6. The molecule has 0 amide bonds.